The summed E-state index contributed by atoms with van der Waals surface area (Å²) in [5, 5.41) is 10.4. The van der Waals surface area contributed by atoms with E-state index in [1.165, 1.54) is 0 Å². The maximum absolute atomic E-state index is 6.09. The fraction of sp³-hybridized carbons (Fsp3) is 0.227. The molecule has 0 N–H and O–H groups in total. The van der Waals surface area contributed by atoms with Crippen LogP contribution in [0.5, 0.6) is 0 Å². The van der Waals surface area contributed by atoms with E-state index in [0.29, 0.717) is 16.7 Å². The van der Waals surface area contributed by atoms with Crippen LogP contribution in [0.15, 0.2) is 70.4 Å². The number of rotatable bonds is 7. The van der Waals surface area contributed by atoms with E-state index in [9.17, 15) is 0 Å². The second-order valence-electron chi connectivity index (χ2n) is 7.09. The largest absolute Gasteiger partial charge is 0.444 e. The van der Waals surface area contributed by atoms with E-state index in [1.54, 1.807) is 18.0 Å². The van der Waals surface area contributed by atoms with Gasteiger partial charge in [0.25, 0.3) is 0 Å². The summed E-state index contributed by atoms with van der Waals surface area (Å²) in [6.45, 7) is 2.11. The topological polar surface area (TPSA) is 60.0 Å². The molecule has 2 aromatic heterocycles. The van der Waals surface area contributed by atoms with Crippen molar-refractivity contribution < 1.29 is 4.42 Å². The second-order valence-corrected chi connectivity index (χ2v) is 8.47. The molecule has 1 atom stereocenters. The Bertz CT molecular complexity index is 1110. The van der Waals surface area contributed by atoms with E-state index in [4.69, 9.17) is 16.0 Å². The highest BCUT2D eigenvalue weighted by Gasteiger charge is 2.21. The van der Waals surface area contributed by atoms with Crippen molar-refractivity contribution in [2.75, 3.05) is 14.1 Å². The van der Waals surface area contributed by atoms with Crippen molar-refractivity contribution in [1.82, 2.24) is 24.6 Å². The third kappa shape index (κ3) is 4.43. The fourth-order valence-electron chi connectivity index (χ4n) is 2.93. The van der Waals surface area contributed by atoms with Crippen molar-refractivity contribution in [2.45, 2.75) is 23.9 Å². The zero-order valence-corrected chi connectivity index (χ0v) is 18.6. The molecule has 0 unspecified atom stereocenters. The monoisotopic (exact) mass is 439 g/mol. The molecule has 0 aliphatic rings. The molecule has 2 heterocycles. The Kier molecular flexibility index (Phi) is 6.22. The van der Waals surface area contributed by atoms with Crippen LogP contribution in [-0.2, 0) is 5.75 Å². The molecule has 6 nitrogen and oxygen atoms in total. The van der Waals surface area contributed by atoms with Crippen molar-refractivity contribution >= 4 is 23.4 Å². The average molecular weight is 440 g/mol. The van der Waals surface area contributed by atoms with Gasteiger partial charge in [-0.25, -0.2) is 4.98 Å². The minimum Gasteiger partial charge on any atom is -0.444 e. The van der Waals surface area contributed by atoms with E-state index < -0.39 is 0 Å². The van der Waals surface area contributed by atoms with Gasteiger partial charge in [-0.1, -0.05) is 41.6 Å². The summed E-state index contributed by atoms with van der Waals surface area (Å²) in [5.41, 5.74) is 2.78. The minimum absolute atomic E-state index is 0.0965. The maximum atomic E-state index is 6.09. The first-order valence-electron chi connectivity index (χ1n) is 9.53. The molecule has 0 bridgehead atoms. The Morgan fingerprint density at radius 3 is 2.50 bits per heavy atom. The molecular formula is C22H22ClN5OS. The Morgan fingerprint density at radius 1 is 1.07 bits per heavy atom. The van der Waals surface area contributed by atoms with Gasteiger partial charge in [-0.15, -0.1) is 10.2 Å². The van der Waals surface area contributed by atoms with Crippen LogP contribution in [0, 0.1) is 0 Å². The molecule has 154 valence electrons. The van der Waals surface area contributed by atoms with E-state index in [0.717, 1.165) is 27.9 Å². The van der Waals surface area contributed by atoms with Crippen molar-refractivity contribution in [3.05, 3.63) is 77.4 Å². The highest BCUT2D eigenvalue weighted by atomic mass is 35.5. The number of aromatic nitrogens is 4. The van der Waals surface area contributed by atoms with E-state index in [-0.39, 0.29) is 6.04 Å². The molecule has 0 spiro atoms. The zero-order chi connectivity index (χ0) is 21.1. The number of hydrogen-bond acceptors (Lipinski definition) is 6. The lowest BCUT2D eigenvalue weighted by Gasteiger charge is -2.20. The predicted octanol–water partition coefficient (Wildman–Crippen LogP) is 5.49. The predicted molar refractivity (Wildman–Crippen MR) is 120 cm³/mol. The summed E-state index contributed by atoms with van der Waals surface area (Å²) < 4.78 is 7.73. The lowest BCUT2D eigenvalue weighted by atomic mass is 10.2. The number of benzene rings is 2. The van der Waals surface area contributed by atoms with Crippen molar-refractivity contribution in [3.63, 3.8) is 0 Å². The Hall–Kier alpha value is -2.61. The molecule has 4 rings (SSSR count). The third-order valence-electron chi connectivity index (χ3n) is 4.81. The minimum atomic E-state index is 0.0965. The molecular weight excluding hydrogens is 418 g/mol. The van der Waals surface area contributed by atoms with Crippen LogP contribution in [0.4, 0.5) is 0 Å². The standard InChI is InChI=1S/C22H22ClN5OS/c1-15(27(2)3)20-25-26-22(28(20)19-11-9-17(23)10-12-19)30-14-18-13-29-21(24-18)16-7-5-4-6-8-16/h4-13,15H,14H2,1-3H3/t15-/m1/s1. The third-order valence-corrected chi connectivity index (χ3v) is 6.03. The Labute approximate surface area is 184 Å². The van der Waals surface area contributed by atoms with E-state index >= 15 is 0 Å². The van der Waals surface area contributed by atoms with Gasteiger partial charge in [-0.2, -0.15) is 0 Å². The number of nitrogens with zero attached hydrogens (tertiary/aromatic N) is 5. The van der Waals surface area contributed by atoms with Gasteiger partial charge < -0.3 is 4.42 Å². The van der Waals surface area contributed by atoms with Gasteiger partial charge in [0.1, 0.15) is 6.26 Å². The van der Waals surface area contributed by atoms with Crippen molar-refractivity contribution in [1.29, 1.82) is 0 Å². The smallest absolute Gasteiger partial charge is 0.226 e. The molecule has 0 aliphatic heterocycles. The number of halogens is 1. The molecule has 2 aromatic carbocycles. The molecule has 0 fully saturated rings. The van der Waals surface area contributed by atoms with Crippen LogP contribution in [0.1, 0.15) is 24.5 Å². The van der Waals surface area contributed by atoms with Gasteiger partial charge in [0, 0.05) is 22.0 Å². The first-order valence-corrected chi connectivity index (χ1v) is 10.9. The summed E-state index contributed by atoms with van der Waals surface area (Å²) >= 11 is 7.66. The fourth-order valence-corrected chi connectivity index (χ4v) is 3.90. The summed E-state index contributed by atoms with van der Waals surface area (Å²) in [6.07, 6.45) is 1.70. The Morgan fingerprint density at radius 2 is 1.80 bits per heavy atom. The Balaban J connectivity index is 1.60. The normalized spacial score (nSPS) is 12.4. The van der Waals surface area contributed by atoms with Gasteiger partial charge in [0.2, 0.25) is 5.89 Å². The van der Waals surface area contributed by atoms with Crippen molar-refractivity contribution in [2.24, 2.45) is 0 Å². The molecule has 0 radical (unpaired) electrons. The average Bonchev–Trinajstić information content (AvgIpc) is 3.40. The van der Waals surface area contributed by atoms with Gasteiger partial charge in [-0.05, 0) is 57.4 Å². The molecule has 8 heteroatoms. The van der Waals surface area contributed by atoms with Crippen LogP contribution in [0.25, 0.3) is 17.1 Å². The second kappa shape index (κ2) is 9.04. The summed E-state index contributed by atoms with van der Waals surface area (Å²) in [4.78, 5) is 6.71. The van der Waals surface area contributed by atoms with Crippen LogP contribution in [0.3, 0.4) is 0 Å². The van der Waals surface area contributed by atoms with Gasteiger partial charge >= 0.3 is 0 Å². The first-order chi connectivity index (χ1) is 14.5. The van der Waals surface area contributed by atoms with Crippen molar-refractivity contribution in [3.8, 4) is 17.1 Å². The molecule has 4 aromatic rings. The van der Waals surface area contributed by atoms with Gasteiger partial charge in [-0.3, -0.25) is 9.47 Å². The van der Waals surface area contributed by atoms with Gasteiger partial charge in [0.15, 0.2) is 11.0 Å². The highest BCUT2D eigenvalue weighted by Crippen LogP contribution is 2.30. The molecule has 30 heavy (non-hydrogen) atoms. The first kappa shape index (κ1) is 20.7. The lowest BCUT2D eigenvalue weighted by Crippen LogP contribution is -2.20. The lowest BCUT2D eigenvalue weighted by molar-refractivity contribution is 0.305. The van der Waals surface area contributed by atoms with Crippen LogP contribution >= 0.6 is 23.4 Å². The summed E-state index contributed by atoms with van der Waals surface area (Å²) in [6, 6.07) is 17.7. The molecule has 0 amide bonds. The zero-order valence-electron chi connectivity index (χ0n) is 17.0. The number of hydrogen-bond donors (Lipinski definition) is 0. The van der Waals surface area contributed by atoms with Crippen LogP contribution < -0.4 is 0 Å². The summed E-state index contributed by atoms with van der Waals surface area (Å²) in [5.74, 6) is 2.11. The van der Waals surface area contributed by atoms with Gasteiger partial charge in [0.05, 0.1) is 11.7 Å². The molecule has 0 aliphatic carbocycles. The molecule has 0 saturated carbocycles. The molecule has 0 saturated heterocycles. The number of thioether (sulfide) groups is 1. The summed E-state index contributed by atoms with van der Waals surface area (Å²) in [7, 11) is 4.05. The quantitative estimate of drug-likeness (QED) is 0.355. The highest BCUT2D eigenvalue weighted by molar-refractivity contribution is 7.98. The van der Waals surface area contributed by atoms with E-state index in [1.807, 2.05) is 68.7 Å². The maximum Gasteiger partial charge on any atom is 0.226 e. The SMILES string of the molecule is C[C@H](c1nnc(SCc2coc(-c3ccccc3)n2)n1-c1ccc(Cl)cc1)N(C)C. The van der Waals surface area contributed by atoms with Crippen LogP contribution in [-0.4, -0.2) is 38.7 Å². The number of oxazole rings is 1. The van der Waals surface area contributed by atoms with Crippen LogP contribution in [0.2, 0.25) is 5.02 Å². The van der Waals surface area contributed by atoms with E-state index in [2.05, 4.69) is 31.6 Å².